The minimum absolute atomic E-state index is 0.234. The second kappa shape index (κ2) is 6.52. The van der Waals surface area contributed by atoms with E-state index in [9.17, 15) is 5.11 Å². The van der Waals surface area contributed by atoms with Crippen molar-refractivity contribution < 1.29 is 5.11 Å². The number of fused-ring (bicyclic) bond motifs is 1. The number of rotatable bonds is 4. The molecule has 0 amide bonds. The zero-order chi connectivity index (χ0) is 18.1. The lowest BCUT2D eigenvalue weighted by molar-refractivity contribution is 0.475. The third-order valence-electron chi connectivity index (χ3n) is 4.41. The maximum Gasteiger partial charge on any atom is 0.157 e. The van der Waals surface area contributed by atoms with E-state index in [1.807, 2.05) is 22.7 Å². The van der Waals surface area contributed by atoms with E-state index in [0.29, 0.717) is 5.92 Å². The number of imidazole rings is 1. The van der Waals surface area contributed by atoms with Crippen LogP contribution in [0.15, 0.2) is 67.1 Å². The van der Waals surface area contributed by atoms with Gasteiger partial charge in [-0.05, 0) is 47.9 Å². The van der Waals surface area contributed by atoms with E-state index >= 15 is 0 Å². The topological polar surface area (TPSA) is 62.5 Å². The fourth-order valence-corrected chi connectivity index (χ4v) is 2.93. The molecule has 2 aromatic carbocycles. The lowest BCUT2D eigenvalue weighted by Crippen LogP contribution is -1.97. The average molecular weight is 344 g/mol. The van der Waals surface area contributed by atoms with Crippen LogP contribution in [-0.2, 0) is 0 Å². The molecule has 130 valence electrons. The van der Waals surface area contributed by atoms with E-state index in [0.717, 1.165) is 28.4 Å². The number of aromatic nitrogens is 3. The molecule has 0 bridgehead atoms. The number of phenolic OH excluding ortho intramolecular Hbond substituents is 1. The molecule has 0 atom stereocenters. The summed E-state index contributed by atoms with van der Waals surface area (Å²) in [6.45, 7) is 4.37. The maximum atomic E-state index is 9.57. The Bertz CT molecular complexity index is 1030. The van der Waals surface area contributed by atoms with Crippen LogP contribution in [0.5, 0.6) is 5.75 Å². The number of phenols is 1. The second-order valence-corrected chi connectivity index (χ2v) is 6.56. The Hall–Kier alpha value is -3.34. The van der Waals surface area contributed by atoms with Gasteiger partial charge in [-0.1, -0.05) is 26.0 Å². The molecule has 0 unspecified atom stereocenters. The van der Waals surface area contributed by atoms with Crippen molar-refractivity contribution in [3.63, 3.8) is 0 Å². The van der Waals surface area contributed by atoms with E-state index in [2.05, 4.69) is 48.4 Å². The van der Waals surface area contributed by atoms with Gasteiger partial charge in [-0.3, -0.25) is 9.38 Å². The molecule has 0 spiro atoms. The summed E-state index contributed by atoms with van der Waals surface area (Å²) in [6.07, 6.45) is 5.36. The molecule has 2 N–H and O–H groups in total. The normalized spacial score (nSPS) is 11.2. The summed E-state index contributed by atoms with van der Waals surface area (Å²) in [5.41, 5.74) is 4.79. The zero-order valence-corrected chi connectivity index (χ0v) is 14.7. The number of nitrogens with one attached hydrogen (secondary N) is 1. The summed E-state index contributed by atoms with van der Waals surface area (Å²) in [5, 5.41) is 13.1. The predicted molar refractivity (Wildman–Crippen MR) is 104 cm³/mol. The highest BCUT2D eigenvalue weighted by Crippen LogP contribution is 2.32. The molecule has 5 heteroatoms. The molecule has 26 heavy (non-hydrogen) atoms. The Labute approximate surface area is 152 Å². The van der Waals surface area contributed by atoms with Crippen molar-refractivity contribution in [1.29, 1.82) is 0 Å². The minimum atomic E-state index is 0.234. The second-order valence-electron chi connectivity index (χ2n) is 6.56. The van der Waals surface area contributed by atoms with E-state index in [1.54, 1.807) is 24.5 Å². The van der Waals surface area contributed by atoms with Gasteiger partial charge in [-0.15, -0.1) is 0 Å². The first-order valence-corrected chi connectivity index (χ1v) is 8.60. The third-order valence-corrected chi connectivity index (χ3v) is 4.41. The summed E-state index contributed by atoms with van der Waals surface area (Å²) in [4.78, 5) is 8.87. The Morgan fingerprint density at radius 3 is 2.42 bits per heavy atom. The van der Waals surface area contributed by atoms with Crippen LogP contribution in [0, 0.1) is 0 Å². The first-order valence-electron chi connectivity index (χ1n) is 8.60. The van der Waals surface area contributed by atoms with Gasteiger partial charge in [0.05, 0.1) is 6.20 Å². The summed E-state index contributed by atoms with van der Waals surface area (Å²) in [7, 11) is 0. The Morgan fingerprint density at radius 1 is 1.00 bits per heavy atom. The molecule has 2 heterocycles. The van der Waals surface area contributed by atoms with Gasteiger partial charge in [0.15, 0.2) is 5.65 Å². The van der Waals surface area contributed by atoms with E-state index < -0.39 is 0 Å². The monoisotopic (exact) mass is 344 g/mol. The van der Waals surface area contributed by atoms with Crippen LogP contribution in [0.1, 0.15) is 25.3 Å². The highest BCUT2D eigenvalue weighted by atomic mass is 16.3. The van der Waals surface area contributed by atoms with Crippen LogP contribution < -0.4 is 5.32 Å². The number of benzene rings is 2. The van der Waals surface area contributed by atoms with Crippen LogP contribution in [-0.4, -0.2) is 19.5 Å². The van der Waals surface area contributed by atoms with Crippen LogP contribution in [0.4, 0.5) is 11.5 Å². The maximum absolute atomic E-state index is 9.57. The lowest BCUT2D eigenvalue weighted by Gasteiger charge is -2.11. The fraction of sp³-hybridized carbons (Fsp3) is 0.143. The van der Waals surface area contributed by atoms with Gasteiger partial charge >= 0.3 is 0 Å². The smallest absolute Gasteiger partial charge is 0.157 e. The molecule has 0 aliphatic heterocycles. The number of anilines is 2. The quantitative estimate of drug-likeness (QED) is 0.549. The molecule has 5 nitrogen and oxygen atoms in total. The SMILES string of the molecule is CC(C)c1ccc(Nc2c(-c3ccc(O)cc3)nc3cnccn23)cc1. The molecule has 0 radical (unpaired) electrons. The van der Waals surface area contributed by atoms with Crippen LogP contribution in [0.25, 0.3) is 16.9 Å². The minimum Gasteiger partial charge on any atom is -0.508 e. The first kappa shape index (κ1) is 16.1. The van der Waals surface area contributed by atoms with Crippen LogP contribution in [0.2, 0.25) is 0 Å². The Kier molecular flexibility index (Phi) is 4.05. The van der Waals surface area contributed by atoms with Crippen LogP contribution in [0.3, 0.4) is 0 Å². The van der Waals surface area contributed by atoms with Gasteiger partial charge in [0, 0.05) is 23.6 Å². The molecule has 0 saturated heterocycles. The molecule has 0 fully saturated rings. The van der Waals surface area contributed by atoms with Crippen molar-refractivity contribution in [3.8, 4) is 17.0 Å². The van der Waals surface area contributed by atoms with Gasteiger partial charge in [0.1, 0.15) is 17.3 Å². The van der Waals surface area contributed by atoms with Crippen molar-refractivity contribution in [2.75, 3.05) is 5.32 Å². The van der Waals surface area contributed by atoms with Crippen molar-refractivity contribution in [3.05, 3.63) is 72.7 Å². The zero-order valence-electron chi connectivity index (χ0n) is 14.7. The number of nitrogens with zero attached hydrogens (tertiary/aromatic N) is 3. The van der Waals surface area contributed by atoms with Crippen molar-refractivity contribution in [2.24, 2.45) is 0 Å². The standard InChI is InChI=1S/C21H20N4O/c1-14(2)15-3-7-17(8-4-15)23-21-20(16-5-9-18(26)10-6-16)24-19-13-22-11-12-25(19)21/h3-14,23,26H,1-2H3. The lowest BCUT2D eigenvalue weighted by atomic mass is 10.0. The molecule has 0 aliphatic carbocycles. The van der Waals surface area contributed by atoms with Gasteiger partial charge < -0.3 is 10.4 Å². The first-order chi connectivity index (χ1) is 12.6. The molecule has 4 aromatic rings. The number of hydrogen-bond acceptors (Lipinski definition) is 4. The Morgan fingerprint density at radius 2 is 1.73 bits per heavy atom. The van der Waals surface area contributed by atoms with Crippen molar-refractivity contribution >= 4 is 17.2 Å². The van der Waals surface area contributed by atoms with Crippen LogP contribution >= 0.6 is 0 Å². The molecular formula is C21H20N4O. The molecule has 0 aliphatic rings. The fourth-order valence-electron chi connectivity index (χ4n) is 2.93. The number of hydrogen-bond donors (Lipinski definition) is 2. The highest BCUT2D eigenvalue weighted by molar-refractivity contribution is 5.79. The van der Waals surface area contributed by atoms with Crippen molar-refractivity contribution in [1.82, 2.24) is 14.4 Å². The molecule has 0 saturated carbocycles. The molecule has 4 rings (SSSR count). The average Bonchev–Trinajstić information content (AvgIpc) is 3.01. The largest absolute Gasteiger partial charge is 0.508 e. The van der Waals surface area contributed by atoms with Gasteiger partial charge in [-0.25, -0.2) is 4.98 Å². The summed E-state index contributed by atoms with van der Waals surface area (Å²) in [6, 6.07) is 15.5. The van der Waals surface area contributed by atoms with E-state index in [4.69, 9.17) is 4.98 Å². The van der Waals surface area contributed by atoms with E-state index in [1.165, 1.54) is 5.56 Å². The van der Waals surface area contributed by atoms with Gasteiger partial charge in [0.25, 0.3) is 0 Å². The predicted octanol–water partition coefficient (Wildman–Crippen LogP) is 4.97. The van der Waals surface area contributed by atoms with Gasteiger partial charge in [-0.2, -0.15) is 0 Å². The summed E-state index contributed by atoms with van der Waals surface area (Å²) < 4.78 is 1.98. The molecule has 2 aromatic heterocycles. The number of aromatic hydroxyl groups is 1. The Balaban J connectivity index is 1.79. The van der Waals surface area contributed by atoms with Gasteiger partial charge in [0.2, 0.25) is 0 Å². The summed E-state index contributed by atoms with van der Waals surface area (Å²) in [5.74, 6) is 1.60. The molecular weight excluding hydrogens is 324 g/mol. The van der Waals surface area contributed by atoms with E-state index in [-0.39, 0.29) is 5.75 Å². The highest BCUT2D eigenvalue weighted by Gasteiger charge is 2.14. The third kappa shape index (κ3) is 2.99. The van der Waals surface area contributed by atoms with Crippen molar-refractivity contribution in [2.45, 2.75) is 19.8 Å². The summed E-state index contributed by atoms with van der Waals surface area (Å²) >= 11 is 0.